The quantitative estimate of drug-likeness (QED) is 0.281. The van der Waals surface area contributed by atoms with Gasteiger partial charge in [-0.1, -0.05) is 45.1 Å². The molecule has 0 aliphatic carbocycles. The van der Waals surface area contributed by atoms with Crippen LogP contribution in [-0.4, -0.2) is 22.7 Å². The molecule has 0 aliphatic rings. The summed E-state index contributed by atoms with van der Waals surface area (Å²) < 4.78 is 0. The van der Waals surface area contributed by atoms with Crippen molar-refractivity contribution in [2.75, 3.05) is 6.54 Å². The Bertz CT molecular complexity index is 588. The molecular weight excluding hydrogens is 292 g/mol. The van der Waals surface area contributed by atoms with Gasteiger partial charge < -0.3 is 15.5 Å². The zero-order valence-electron chi connectivity index (χ0n) is 13.5. The van der Waals surface area contributed by atoms with Crippen molar-refractivity contribution in [3.05, 3.63) is 29.3 Å². The first-order valence-corrected chi connectivity index (χ1v) is 8.00. The van der Waals surface area contributed by atoms with Crippen molar-refractivity contribution in [2.45, 2.75) is 45.4 Å². The molecular formula is C18H24N2O3. The van der Waals surface area contributed by atoms with Crippen LogP contribution in [0.3, 0.4) is 0 Å². The van der Waals surface area contributed by atoms with Gasteiger partial charge >= 0.3 is 0 Å². The van der Waals surface area contributed by atoms with Crippen LogP contribution >= 0.6 is 0 Å². The second kappa shape index (κ2) is 10.3. The summed E-state index contributed by atoms with van der Waals surface area (Å²) in [6.45, 7) is 2.72. The number of nitrogens with zero attached hydrogens (tertiary/aromatic N) is 1. The van der Waals surface area contributed by atoms with Gasteiger partial charge in [0.15, 0.2) is 11.5 Å². The molecule has 0 heterocycles. The zero-order chi connectivity index (χ0) is 17.1. The second-order valence-corrected chi connectivity index (χ2v) is 5.44. The molecule has 0 bridgehead atoms. The van der Waals surface area contributed by atoms with E-state index in [1.54, 1.807) is 0 Å². The lowest BCUT2D eigenvalue weighted by atomic mass is 10.1. The maximum Gasteiger partial charge on any atom is 0.261 e. The minimum Gasteiger partial charge on any atom is -0.504 e. The molecule has 5 nitrogen and oxygen atoms in total. The van der Waals surface area contributed by atoms with Gasteiger partial charge in [-0.2, -0.15) is 5.26 Å². The molecule has 0 aliphatic heterocycles. The third kappa shape index (κ3) is 6.88. The first-order valence-electron chi connectivity index (χ1n) is 8.00. The maximum absolute atomic E-state index is 12.0. The Morgan fingerprint density at radius 3 is 2.52 bits per heavy atom. The van der Waals surface area contributed by atoms with E-state index in [0.717, 1.165) is 19.3 Å². The van der Waals surface area contributed by atoms with E-state index in [4.69, 9.17) is 5.26 Å². The number of carbonyl (C=O) groups excluding carboxylic acids is 1. The van der Waals surface area contributed by atoms with Crippen LogP contribution in [0.5, 0.6) is 11.5 Å². The summed E-state index contributed by atoms with van der Waals surface area (Å²) in [5.41, 5.74) is 0.452. The largest absolute Gasteiger partial charge is 0.504 e. The molecule has 0 atom stereocenters. The van der Waals surface area contributed by atoms with Gasteiger partial charge in [0.05, 0.1) is 0 Å². The number of phenolic OH excluding ortho intramolecular Hbond substituents is 2. The van der Waals surface area contributed by atoms with Gasteiger partial charge in [-0.15, -0.1) is 0 Å². The molecule has 1 amide bonds. The van der Waals surface area contributed by atoms with Crippen molar-refractivity contribution in [1.29, 1.82) is 5.26 Å². The third-order valence-corrected chi connectivity index (χ3v) is 3.49. The average Bonchev–Trinajstić information content (AvgIpc) is 2.54. The van der Waals surface area contributed by atoms with E-state index >= 15 is 0 Å². The molecule has 1 aromatic rings. The van der Waals surface area contributed by atoms with Gasteiger partial charge in [0, 0.05) is 6.54 Å². The van der Waals surface area contributed by atoms with Gasteiger partial charge in [-0.05, 0) is 30.2 Å². The van der Waals surface area contributed by atoms with Crippen LogP contribution in [0.15, 0.2) is 23.8 Å². The minimum atomic E-state index is -0.423. The lowest BCUT2D eigenvalue weighted by molar-refractivity contribution is -0.117. The SMILES string of the molecule is CCCCCCCCNC(=O)/C(C#N)=C/c1ccc(O)c(O)c1. The summed E-state index contributed by atoms with van der Waals surface area (Å²) in [6.07, 6.45) is 8.18. The van der Waals surface area contributed by atoms with Crippen molar-refractivity contribution in [1.82, 2.24) is 5.32 Å². The summed E-state index contributed by atoms with van der Waals surface area (Å²) in [6, 6.07) is 5.99. The van der Waals surface area contributed by atoms with Crippen LogP contribution in [0, 0.1) is 11.3 Å². The molecule has 5 heteroatoms. The third-order valence-electron chi connectivity index (χ3n) is 3.49. The molecule has 23 heavy (non-hydrogen) atoms. The number of hydrogen-bond acceptors (Lipinski definition) is 4. The van der Waals surface area contributed by atoms with E-state index in [-0.39, 0.29) is 17.1 Å². The highest BCUT2D eigenvalue weighted by Gasteiger charge is 2.09. The van der Waals surface area contributed by atoms with Crippen LogP contribution < -0.4 is 5.32 Å². The Hall–Kier alpha value is -2.48. The zero-order valence-corrected chi connectivity index (χ0v) is 13.5. The summed E-state index contributed by atoms with van der Waals surface area (Å²) in [7, 11) is 0. The van der Waals surface area contributed by atoms with Crippen LogP contribution in [0.2, 0.25) is 0 Å². The van der Waals surface area contributed by atoms with Crippen molar-refractivity contribution in [2.24, 2.45) is 0 Å². The first kappa shape index (κ1) is 18.6. The second-order valence-electron chi connectivity index (χ2n) is 5.44. The number of nitriles is 1. The van der Waals surface area contributed by atoms with Gasteiger partial charge in [0.25, 0.3) is 5.91 Å². The molecule has 0 aromatic heterocycles. The number of benzene rings is 1. The topological polar surface area (TPSA) is 93.4 Å². The van der Waals surface area contributed by atoms with Crippen LogP contribution in [0.4, 0.5) is 0 Å². The molecule has 0 spiro atoms. The Morgan fingerprint density at radius 2 is 1.87 bits per heavy atom. The average molecular weight is 316 g/mol. The fraction of sp³-hybridized carbons (Fsp3) is 0.444. The lowest BCUT2D eigenvalue weighted by Gasteiger charge is -2.05. The van der Waals surface area contributed by atoms with Gasteiger partial charge in [0.2, 0.25) is 0 Å². The van der Waals surface area contributed by atoms with Crippen molar-refractivity contribution in [3.8, 4) is 17.6 Å². The highest BCUT2D eigenvalue weighted by atomic mass is 16.3. The van der Waals surface area contributed by atoms with Crippen molar-refractivity contribution < 1.29 is 15.0 Å². The number of nitrogens with one attached hydrogen (secondary N) is 1. The summed E-state index contributed by atoms with van der Waals surface area (Å²) in [5, 5.41) is 30.5. The Kier molecular flexibility index (Phi) is 8.30. The molecule has 0 fully saturated rings. The molecule has 3 N–H and O–H groups in total. The highest BCUT2D eigenvalue weighted by Crippen LogP contribution is 2.25. The number of phenols is 2. The minimum absolute atomic E-state index is 0.0268. The molecule has 1 aromatic carbocycles. The van der Waals surface area contributed by atoms with E-state index in [2.05, 4.69) is 12.2 Å². The lowest BCUT2D eigenvalue weighted by Crippen LogP contribution is -2.25. The normalized spacial score (nSPS) is 11.0. The van der Waals surface area contributed by atoms with Gasteiger partial charge in [-0.25, -0.2) is 0 Å². The molecule has 124 valence electrons. The molecule has 0 unspecified atom stereocenters. The van der Waals surface area contributed by atoms with Gasteiger partial charge in [0.1, 0.15) is 11.6 Å². The summed E-state index contributed by atoms with van der Waals surface area (Å²) in [4.78, 5) is 12.0. The van der Waals surface area contributed by atoms with Gasteiger partial charge in [-0.3, -0.25) is 4.79 Å². The maximum atomic E-state index is 12.0. The molecule has 0 radical (unpaired) electrons. The summed E-state index contributed by atoms with van der Waals surface area (Å²) >= 11 is 0. The number of carbonyl (C=O) groups is 1. The number of hydrogen-bond donors (Lipinski definition) is 3. The summed E-state index contributed by atoms with van der Waals surface area (Å²) in [5.74, 6) is -0.953. The van der Waals surface area contributed by atoms with E-state index in [0.29, 0.717) is 12.1 Å². The fourth-order valence-corrected chi connectivity index (χ4v) is 2.15. The highest BCUT2D eigenvalue weighted by molar-refractivity contribution is 6.01. The number of unbranched alkanes of at least 4 members (excludes halogenated alkanes) is 5. The predicted octanol–water partition coefficient (Wildman–Crippen LogP) is 3.48. The molecule has 0 saturated carbocycles. The number of aromatic hydroxyl groups is 2. The fourth-order valence-electron chi connectivity index (χ4n) is 2.15. The Morgan fingerprint density at radius 1 is 1.17 bits per heavy atom. The van der Waals surface area contributed by atoms with E-state index in [1.165, 1.54) is 43.5 Å². The van der Waals surface area contributed by atoms with E-state index < -0.39 is 5.91 Å². The van der Waals surface area contributed by atoms with Crippen molar-refractivity contribution in [3.63, 3.8) is 0 Å². The Balaban J connectivity index is 2.47. The monoisotopic (exact) mass is 316 g/mol. The number of amides is 1. The van der Waals surface area contributed by atoms with Crippen LogP contribution in [0.1, 0.15) is 51.0 Å². The van der Waals surface area contributed by atoms with Crippen molar-refractivity contribution >= 4 is 12.0 Å². The van der Waals surface area contributed by atoms with Crippen LogP contribution in [-0.2, 0) is 4.79 Å². The molecule has 1 rings (SSSR count). The predicted molar refractivity (Wildman–Crippen MR) is 89.7 cm³/mol. The Labute approximate surface area is 137 Å². The van der Waals surface area contributed by atoms with E-state index in [9.17, 15) is 15.0 Å². The smallest absolute Gasteiger partial charge is 0.261 e. The first-order chi connectivity index (χ1) is 11.1. The van der Waals surface area contributed by atoms with E-state index in [1.807, 2.05) is 6.07 Å². The molecule has 0 saturated heterocycles. The van der Waals surface area contributed by atoms with Crippen LogP contribution in [0.25, 0.3) is 6.08 Å². The number of rotatable bonds is 9. The standard InChI is InChI=1S/C18H24N2O3/c1-2-3-4-5-6-7-10-20-18(23)15(13-19)11-14-8-9-16(21)17(22)12-14/h8-9,11-12,21-22H,2-7,10H2,1H3,(H,20,23)/b15-11+.